The molecule has 1 heterocycles. The van der Waals surface area contributed by atoms with Crippen molar-refractivity contribution in [3.8, 4) is 0 Å². The zero-order valence-corrected chi connectivity index (χ0v) is 11.2. The van der Waals surface area contributed by atoms with Crippen LogP contribution in [0.2, 0.25) is 0 Å². The molecule has 0 radical (unpaired) electrons. The van der Waals surface area contributed by atoms with Crippen LogP contribution in [0, 0.1) is 0 Å². The van der Waals surface area contributed by atoms with Crippen LogP contribution >= 0.6 is 11.8 Å². The molecule has 0 spiro atoms. The standard InChI is InChI=1S/C14H21NOS/c1-2-17-10-9-14(16)13-8-7-11-5-3-4-6-12(11)15-13/h3-6,13-16H,2,7-10H2,1H3. The fourth-order valence-corrected chi connectivity index (χ4v) is 3.00. The Morgan fingerprint density at radius 2 is 2.29 bits per heavy atom. The van der Waals surface area contributed by atoms with E-state index in [4.69, 9.17) is 0 Å². The molecule has 1 aliphatic heterocycles. The summed E-state index contributed by atoms with van der Waals surface area (Å²) in [7, 11) is 0. The number of aryl methyl sites for hydroxylation is 1. The summed E-state index contributed by atoms with van der Waals surface area (Å²) in [6.45, 7) is 2.16. The van der Waals surface area contributed by atoms with Crippen LogP contribution in [0.15, 0.2) is 24.3 Å². The first-order valence-corrected chi connectivity index (χ1v) is 7.57. The Morgan fingerprint density at radius 3 is 3.12 bits per heavy atom. The van der Waals surface area contributed by atoms with E-state index in [-0.39, 0.29) is 12.1 Å². The minimum atomic E-state index is -0.220. The molecule has 2 atom stereocenters. The van der Waals surface area contributed by atoms with Gasteiger partial charge in [0.15, 0.2) is 0 Å². The third kappa shape index (κ3) is 3.39. The first-order chi connectivity index (χ1) is 8.31. The van der Waals surface area contributed by atoms with Crippen molar-refractivity contribution in [1.82, 2.24) is 0 Å². The molecular weight excluding hydrogens is 230 g/mol. The number of aliphatic hydroxyl groups excluding tert-OH is 1. The van der Waals surface area contributed by atoms with Gasteiger partial charge in [-0.25, -0.2) is 0 Å². The monoisotopic (exact) mass is 251 g/mol. The molecule has 0 saturated heterocycles. The molecule has 0 amide bonds. The van der Waals surface area contributed by atoms with Crippen LogP contribution in [0.5, 0.6) is 0 Å². The average molecular weight is 251 g/mol. The lowest BCUT2D eigenvalue weighted by Gasteiger charge is -2.30. The van der Waals surface area contributed by atoms with Crippen molar-refractivity contribution >= 4 is 17.4 Å². The summed E-state index contributed by atoms with van der Waals surface area (Å²) < 4.78 is 0. The SMILES string of the molecule is CCSCCC(O)C1CCc2ccccc2N1. The third-order valence-electron chi connectivity index (χ3n) is 3.31. The maximum atomic E-state index is 10.2. The number of thioether (sulfide) groups is 1. The number of benzene rings is 1. The topological polar surface area (TPSA) is 32.3 Å². The van der Waals surface area contributed by atoms with E-state index >= 15 is 0 Å². The maximum Gasteiger partial charge on any atom is 0.0749 e. The van der Waals surface area contributed by atoms with Crippen LogP contribution < -0.4 is 5.32 Å². The Bertz CT molecular complexity index is 356. The normalized spacial score (nSPS) is 20.5. The molecule has 0 bridgehead atoms. The van der Waals surface area contributed by atoms with E-state index in [2.05, 4.69) is 30.4 Å². The van der Waals surface area contributed by atoms with Gasteiger partial charge >= 0.3 is 0 Å². The van der Waals surface area contributed by atoms with Crippen molar-refractivity contribution in [2.24, 2.45) is 0 Å². The molecule has 2 rings (SSSR count). The molecule has 94 valence electrons. The maximum absolute atomic E-state index is 10.2. The van der Waals surface area contributed by atoms with Crippen LogP contribution in [0.1, 0.15) is 25.3 Å². The van der Waals surface area contributed by atoms with Crippen molar-refractivity contribution < 1.29 is 5.11 Å². The Morgan fingerprint density at radius 1 is 1.47 bits per heavy atom. The first kappa shape index (κ1) is 12.8. The molecule has 1 aliphatic rings. The zero-order chi connectivity index (χ0) is 12.1. The fourth-order valence-electron chi connectivity index (χ4n) is 2.30. The molecule has 2 N–H and O–H groups in total. The van der Waals surface area contributed by atoms with E-state index in [1.807, 2.05) is 17.8 Å². The van der Waals surface area contributed by atoms with E-state index in [1.165, 1.54) is 11.3 Å². The van der Waals surface area contributed by atoms with Gasteiger partial charge < -0.3 is 10.4 Å². The van der Waals surface area contributed by atoms with Gasteiger partial charge in [-0.15, -0.1) is 0 Å². The predicted molar refractivity (Wildman–Crippen MR) is 75.8 cm³/mol. The van der Waals surface area contributed by atoms with Crippen LogP contribution in [0.4, 0.5) is 5.69 Å². The smallest absolute Gasteiger partial charge is 0.0749 e. The van der Waals surface area contributed by atoms with E-state index in [1.54, 1.807) is 0 Å². The van der Waals surface area contributed by atoms with Crippen LogP contribution in [-0.2, 0) is 6.42 Å². The van der Waals surface area contributed by atoms with Gasteiger partial charge in [0.1, 0.15) is 0 Å². The summed E-state index contributed by atoms with van der Waals surface area (Å²) in [6.07, 6.45) is 2.78. The minimum Gasteiger partial charge on any atom is -0.391 e. The van der Waals surface area contributed by atoms with Crippen LogP contribution in [0.3, 0.4) is 0 Å². The number of anilines is 1. The number of hydrogen-bond donors (Lipinski definition) is 2. The molecule has 2 nitrogen and oxygen atoms in total. The molecule has 0 fully saturated rings. The van der Waals surface area contributed by atoms with E-state index in [9.17, 15) is 5.11 Å². The van der Waals surface area contributed by atoms with Crippen molar-refractivity contribution in [3.05, 3.63) is 29.8 Å². The highest BCUT2D eigenvalue weighted by Crippen LogP contribution is 2.26. The highest BCUT2D eigenvalue weighted by Gasteiger charge is 2.23. The second kappa shape index (κ2) is 6.31. The lowest BCUT2D eigenvalue weighted by Crippen LogP contribution is -2.37. The van der Waals surface area contributed by atoms with Gasteiger partial charge in [-0.3, -0.25) is 0 Å². The largest absolute Gasteiger partial charge is 0.391 e. The van der Waals surface area contributed by atoms with Crippen molar-refractivity contribution in [1.29, 1.82) is 0 Å². The second-order valence-electron chi connectivity index (χ2n) is 4.50. The summed E-state index contributed by atoms with van der Waals surface area (Å²) >= 11 is 1.90. The molecule has 0 aromatic heterocycles. The Kier molecular flexibility index (Phi) is 4.75. The van der Waals surface area contributed by atoms with Crippen LogP contribution in [-0.4, -0.2) is 28.8 Å². The van der Waals surface area contributed by atoms with Crippen molar-refractivity contribution in [2.45, 2.75) is 38.3 Å². The molecule has 2 unspecified atom stereocenters. The first-order valence-electron chi connectivity index (χ1n) is 6.41. The quantitative estimate of drug-likeness (QED) is 0.789. The number of nitrogens with one attached hydrogen (secondary N) is 1. The second-order valence-corrected chi connectivity index (χ2v) is 5.89. The van der Waals surface area contributed by atoms with Gasteiger partial charge in [0.2, 0.25) is 0 Å². The van der Waals surface area contributed by atoms with Crippen molar-refractivity contribution in [2.75, 3.05) is 16.8 Å². The summed E-state index contributed by atoms with van der Waals surface area (Å²) in [4.78, 5) is 0. The molecule has 0 saturated carbocycles. The molecule has 17 heavy (non-hydrogen) atoms. The summed E-state index contributed by atoms with van der Waals surface area (Å²) in [5, 5.41) is 13.6. The third-order valence-corrected chi connectivity index (χ3v) is 4.24. The van der Waals surface area contributed by atoms with Gasteiger partial charge in [-0.2, -0.15) is 11.8 Å². The number of para-hydroxylation sites is 1. The summed E-state index contributed by atoms with van der Waals surface area (Å²) in [5.74, 6) is 2.19. The number of aliphatic hydroxyl groups is 1. The zero-order valence-electron chi connectivity index (χ0n) is 10.4. The van der Waals surface area contributed by atoms with Gasteiger partial charge in [-0.05, 0) is 42.4 Å². The van der Waals surface area contributed by atoms with E-state index in [0.717, 1.165) is 30.8 Å². The van der Waals surface area contributed by atoms with E-state index in [0.29, 0.717) is 0 Å². The van der Waals surface area contributed by atoms with Gasteiger partial charge in [-0.1, -0.05) is 25.1 Å². The lowest BCUT2D eigenvalue weighted by molar-refractivity contribution is 0.144. The average Bonchev–Trinajstić information content (AvgIpc) is 2.38. The summed E-state index contributed by atoms with van der Waals surface area (Å²) in [5.41, 5.74) is 2.57. The minimum absolute atomic E-state index is 0.220. The Balaban J connectivity index is 1.88. The highest BCUT2D eigenvalue weighted by molar-refractivity contribution is 7.99. The van der Waals surface area contributed by atoms with Crippen LogP contribution in [0.25, 0.3) is 0 Å². The molecule has 3 heteroatoms. The predicted octanol–water partition coefficient (Wildman–Crippen LogP) is 2.92. The summed E-state index contributed by atoms with van der Waals surface area (Å²) in [6, 6.07) is 8.62. The van der Waals surface area contributed by atoms with Gasteiger partial charge in [0.05, 0.1) is 12.1 Å². The molecular formula is C14H21NOS. The number of hydrogen-bond acceptors (Lipinski definition) is 3. The molecule has 1 aromatic rings. The van der Waals surface area contributed by atoms with Gasteiger partial charge in [0.25, 0.3) is 0 Å². The Labute approximate surface area is 108 Å². The highest BCUT2D eigenvalue weighted by atomic mass is 32.2. The molecule has 0 aliphatic carbocycles. The fraction of sp³-hybridized carbons (Fsp3) is 0.571. The van der Waals surface area contributed by atoms with E-state index < -0.39 is 0 Å². The lowest BCUT2D eigenvalue weighted by atomic mass is 9.94. The van der Waals surface area contributed by atoms with Crippen molar-refractivity contribution in [3.63, 3.8) is 0 Å². The number of rotatable bonds is 5. The number of fused-ring (bicyclic) bond motifs is 1. The molecule has 1 aromatic carbocycles. The van der Waals surface area contributed by atoms with Gasteiger partial charge in [0, 0.05) is 5.69 Å². The Hall–Kier alpha value is -0.670.